The molecule has 0 saturated carbocycles. The fourth-order valence-corrected chi connectivity index (χ4v) is 2.45. The molecule has 0 unspecified atom stereocenters. The van der Waals surface area contributed by atoms with E-state index in [1.54, 1.807) is 6.20 Å². The standard InChI is InChI=1S/C15H17N3O3S/c1-11(10-21-22(2,19)20)9-18-13-3-4-14-12(7-13)5-6-17-15(14)8-16/h3-7,11,18H,9-10H2,1-2H3/t11-/m1/s1. The third-order valence-corrected chi connectivity index (χ3v) is 3.66. The monoisotopic (exact) mass is 319 g/mol. The molecule has 0 bridgehead atoms. The molecule has 1 aromatic heterocycles. The molecule has 0 spiro atoms. The van der Waals surface area contributed by atoms with Crippen LogP contribution < -0.4 is 5.32 Å². The van der Waals surface area contributed by atoms with E-state index >= 15 is 0 Å². The molecule has 1 heterocycles. The van der Waals surface area contributed by atoms with Crippen LogP contribution in [0.25, 0.3) is 10.8 Å². The highest BCUT2D eigenvalue weighted by atomic mass is 32.2. The molecule has 0 aliphatic heterocycles. The Labute approximate surface area is 129 Å². The number of nitrogens with zero attached hydrogens (tertiary/aromatic N) is 2. The van der Waals surface area contributed by atoms with Crippen LogP contribution in [0.2, 0.25) is 0 Å². The van der Waals surface area contributed by atoms with Gasteiger partial charge in [0, 0.05) is 23.8 Å². The molecule has 0 saturated heterocycles. The van der Waals surface area contributed by atoms with E-state index in [-0.39, 0.29) is 12.5 Å². The summed E-state index contributed by atoms with van der Waals surface area (Å²) < 4.78 is 26.7. The highest BCUT2D eigenvalue weighted by Gasteiger charge is 2.08. The minimum atomic E-state index is -3.40. The third-order valence-electron chi connectivity index (χ3n) is 3.09. The van der Waals surface area contributed by atoms with Crippen molar-refractivity contribution in [1.82, 2.24) is 4.98 Å². The van der Waals surface area contributed by atoms with Crippen LogP contribution in [-0.4, -0.2) is 32.8 Å². The van der Waals surface area contributed by atoms with E-state index in [1.165, 1.54) is 0 Å². The Morgan fingerprint density at radius 1 is 1.41 bits per heavy atom. The van der Waals surface area contributed by atoms with Gasteiger partial charge in [-0.25, -0.2) is 4.98 Å². The molecule has 2 rings (SSSR count). The molecule has 1 N–H and O–H groups in total. The molecule has 0 aliphatic carbocycles. The van der Waals surface area contributed by atoms with Gasteiger partial charge in [0.2, 0.25) is 0 Å². The zero-order chi connectivity index (χ0) is 16.2. The van der Waals surface area contributed by atoms with Crippen molar-refractivity contribution in [1.29, 1.82) is 5.26 Å². The second-order valence-electron chi connectivity index (χ2n) is 5.18. The van der Waals surface area contributed by atoms with E-state index in [0.29, 0.717) is 12.2 Å². The van der Waals surface area contributed by atoms with E-state index in [4.69, 9.17) is 9.44 Å². The summed E-state index contributed by atoms with van der Waals surface area (Å²) in [6.45, 7) is 2.62. The summed E-state index contributed by atoms with van der Waals surface area (Å²) in [5, 5.41) is 14.0. The smallest absolute Gasteiger partial charge is 0.264 e. The van der Waals surface area contributed by atoms with Crippen molar-refractivity contribution in [2.45, 2.75) is 6.92 Å². The van der Waals surface area contributed by atoms with Crippen molar-refractivity contribution in [3.63, 3.8) is 0 Å². The minimum Gasteiger partial charge on any atom is -0.385 e. The molecule has 6 nitrogen and oxygen atoms in total. The fraction of sp³-hybridized carbons (Fsp3) is 0.333. The lowest BCUT2D eigenvalue weighted by atomic mass is 10.1. The Kier molecular flexibility index (Phi) is 4.96. The van der Waals surface area contributed by atoms with Crippen LogP contribution in [0.3, 0.4) is 0 Å². The van der Waals surface area contributed by atoms with Gasteiger partial charge in [-0.3, -0.25) is 4.18 Å². The van der Waals surface area contributed by atoms with E-state index in [2.05, 4.69) is 16.4 Å². The number of rotatable bonds is 6. The second-order valence-corrected chi connectivity index (χ2v) is 6.83. The summed E-state index contributed by atoms with van der Waals surface area (Å²) in [4.78, 5) is 4.02. The zero-order valence-corrected chi connectivity index (χ0v) is 13.2. The third kappa shape index (κ3) is 4.41. The highest BCUT2D eigenvalue weighted by molar-refractivity contribution is 7.85. The number of nitriles is 1. The summed E-state index contributed by atoms with van der Waals surface area (Å²) in [6, 6.07) is 9.56. The first-order valence-corrected chi connectivity index (χ1v) is 8.58. The van der Waals surface area contributed by atoms with Crippen molar-refractivity contribution in [2.24, 2.45) is 5.92 Å². The number of hydrogen-bond acceptors (Lipinski definition) is 6. The average Bonchev–Trinajstić information content (AvgIpc) is 2.49. The van der Waals surface area contributed by atoms with Gasteiger partial charge in [0.25, 0.3) is 10.1 Å². The lowest BCUT2D eigenvalue weighted by Gasteiger charge is -2.13. The van der Waals surface area contributed by atoms with Gasteiger partial charge in [-0.15, -0.1) is 0 Å². The molecule has 0 radical (unpaired) electrons. The number of nitrogens with one attached hydrogen (secondary N) is 1. The van der Waals surface area contributed by atoms with Crippen molar-refractivity contribution in [3.05, 3.63) is 36.2 Å². The van der Waals surface area contributed by atoms with Gasteiger partial charge in [-0.2, -0.15) is 13.7 Å². The SMILES string of the molecule is C[C@H](CNc1ccc2c(C#N)nccc2c1)COS(C)(=O)=O. The van der Waals surface area contributed by atoms with Crippen LogP contribution >= 0.6 is 0 Å². The Morgan fingerprint density at radius 2 is 2.18 bits per heavy atom. The molecule has 2 aromatic rings. The molecule has 0 fully saturated rings. The number of anilines is 1. The molecule has 7 heteroatoms. The summed E-state index contributed by atoms with van der Waals surface area (Å²) in [5.74, 6) is 0.0394. The highest BCUT2D eigenvalue weighted by Crippen LogP contribution is 2.21. The maximum atomic E-state index is 10.9. The zero-order valence-electron chi connectivity index (χ0n) is 12.4. The van der Waals surface area contributed by atoms with Crippen LogP contribution in [0.1, 0.15) is 12.6 Å². The van der Waals surface area contributed by atoms with Gasteiger partial charge in [0.1, 0.15) is 11.8 Å². The number of benzene rings is 1. The molecule has 22 heavy (non-hydrogen) atoms. The molecule has 0 amide bonds. The summed E-state index contributed by atoms with van der Waals surface area (Å²) in [5.41, 5.74) is 1.30. The first-order chi connectivity index (χ1) is 10.4. The first kappa shape index (κ1) is 16.2. The van der Waals surface area contributed by atoms with Crippen LogP contribution in [0.5, 0.6) is 0 Å². The molecular weight excluding hydrogens is 302 g/mol. The van der Waals surface area contributed by atoms with Gasteiger partial charge in [-0.05, 0) is 35.6 Å². The average molecular weight is 319 g/mol. The first-order valence-electron chi connectivity index (χ1n) is 6.76. The van der Waals surface area contributed by atoms with Crippen molar-refractivity contribution in [2.75, 3.05) is 24.7 Å². The topological polar surface area (TPSA) is 92.1 Å². The number of hydrogen-bond donors (Lipinski definition) is 1. The van der Waals surface area contributed by atoms with Crippen molar-refractivity contribution in [3.8, 4) is 6.07 Å². The predicted octanol–water partition coefficient (Wildman–Crippen LogP) is 2.13. The number of pyridine rings is 1. The predicted molar refractivity (Wildman–Crippen MR) is 84.9 cm³/mol. The van der Waals surface area contributed by atoms with Gasteiger partial charge in [0.15, 0.2) is 0 Å². The van der Waals surface area contributed by atoms with E-state index in [9.17, 15) is 8.42 Å². The molecule has 0 aliphatic rings. The molecule has 116 valence electrons. The maximum Gasteiger partial charge on any atom is 0.264 e. The Morgan fingerprint density at radius 3 is 2.86 bits per heavy atom. The second kappa shape index (κ2) is 6.73. The molecule has 1 aromatic carbocycles. The van der Waals surface area contributed by atoms with Gasteiger partial charge in [0.05, 0.1) is 12.9 Å². The number of aromatic nitrogens is 1. The summed E-state index contributed by atoms with van der Waals surface area (Å²) in [7, 11) is -3.40. The summed E-state index contributed by atoms with van der Waals surface area (Å²) >= 11 is 0. The summed E-state index contributed by atoms with van der Waals surface area (Å²) in [6.07, 6.45) is 2.64. The number of fused-ring (bicyclic) bond motifs is 1. The van der Waals surface area contributed by atoms with E-state index in [0.717, 1.165) is 22.7 Å². The Bertz CT molecular complexity index is 812. The van der Waals surface area contributed by atoms with Gasteiger partial charge in [-0.1, -0.05) is 6.92 Å². The van der Waals surface area contributed by atoms with E-state index < -0.39 is 10.1 Å². The minimum absolute atomic E-state index is 0.0394. The normalized spacial score (nSPS) is 12.8. The molecular formula is C15H17N3O3S. The van der Waals surface area contributed by atoms with Crippen LogP contribution in [0, 0.1) is 17.2 Å². The quantitative estimate of drug-likeness (QED) is 0.820. The van der Waals surface area contributed by atoms with Crippen molar-refractivity contribution >= 4 is 26.6 Å². The lowest BCUT2D eigenvalue weighted by Crippen LogP contribution is -2.18. The Balaban J connectivity index is 2.02. The van der Waals surface area contributed by atoms with Crippen molar-refractivity contribution < 1.29 is 12.6 Å². The molecule has 1 atom stereocenters. The fourth-order valence-electron chi connectivity index (χ4n) is 1.97. The van der Waals surface area contributed by atoms with Crippen LogP contribution in [0.4, 0.5) is 5.69 Å². The maximum absolute atomic E-state index is 10.9. The Hall–Kier alpha value is -2.17. The van der Waals surface area contributed by atoms with Crippen LogP contribution in [0.15, 0.2) is 30.5 Å². The largest absolute Gasteiger partial charge is 0.385 e. The van der Waals surface area contributed by atoms with Gasteiger partial charge < -0.3 is 5.32 Å². The lowest BCUT2D eigenvalue weighted by molar-refractivity contribution is 0.274. The van der Waals surface area contributed by atoms with Gasteiger partial charge >= 0.3 is 0 Å². The van der Waals surface area contributed by atoms with E-state index in [1.807, 2.05) is 31.2 Å². The van der Waals surface area contributed by atoms with Crippen LogP contribution in [-0.2, 0) is 14.3 Å².